The summed E-state index contributed by atoms with van der Waals surface area (Å²) in [6.45, 7) is 1.49. The zero-order valence-corrected chi connectivity index (χ0v) is 10.6. The van der Waals surface area contributed by atoms with Crippen LogP contribution in [0, 0.1) is 17.0 Å². The smallest absolute Gasteiger partial charge is 0.410 e. The molecule has 2 rings (SSSR count). The van der Waals surface area contributed by atoms with Crippen LogP contribution in [-0.2, 0) is 7.05 Å². The number of pyridine rings is 1. The zero-order valence-electron chi connectivity index (χ0n) is 10.6. The summed E-state index contributed by atoms with van der Waals surface area (Å²) in [7, 11) is 1.51. The molecule has 0 atom stereocenters. The maximum atomic E-state index is 10.7. The second-order valence-electron chi connectivity index (χ2n) is 3.90. The summed E-state index contributed by atoms with van der Waals surface area (Å²) in [5, 5.41) is 29.2. The van der Waals surface area contributed by atoms with Gasteiger partial charge in [-0.15, -0.1) is 5.10 Å². The van der Waals surface area contributed by atoms with Gasteiger partial charge in [0.1, 0.15) is 5.69 Å². The van der Waals surface area contributed by atoms with Gasteiger partial charge in [-0.3, -0.25) is 15.4 Å². The standard InChI is InChI=1S/C10H10N6O4/c1-5-7(16(19)20)4-3-6(11-5)8-9(12-10(17)18)15(2)14-13-8/h3-4,12H,1-2H3,(H,17,18). The van der Waals surface area contributed by atoms with Crippen LogP contribution in [0.15, 0.2) is 12.1 Å². The molecule has 0 aliphatic heterocycles. The SMILES string of the molecule is Cc1nc(-c2nnn(C)c2NC(=O)O)ccc1[N+](=O)[O-]. The van der Waals surface area contributed by atoms with Crippen molar-refractivity contribution in [3.63, 3.8) is 0 Å². The number of carboxylic acid groups (broad SMARTS) is 1. The Morgan fingerprint density at radius 2 is 2.20 bits per heavy atom. The van der Waals surface area contributed by atoms with E-state index in [2.05, 4.69) is 20.6 Å². The number of carbonyl (C=O) groups is 1. The van der Waals surface area contributed by atoms with E-state index in [1.165, 1.54) is 30.8 Å². The number of hydrogen-bond donors (Lipinski definition) is 2. The molecule has 1 amide bonds. The minimum atomic E-state index is -1.27. The molecule has 0 saturated heterocycles. The number of anilines is 1. The highest BCUT2D eigenvalue weighted by molar-refractivity contribution is 5.86. The fourth-order valence-corrected chi connectivity index (χ4v) is 1.65. The molecule has 0 aliphatic rings. The van der Waals surface area contributed by atoms with E-state index in [9.17, 15) is 14.9 Å². The highest BCUT2D eigenvalue weighted by Crippen LogP contribution is 2.26. The van der Waals surface area contributed by atoms with Gasteiger partial charge in [0.15, 0.2) is 11.5 Å². The Kier molecular flexibility index (Phi) is 3.29. The molecular weight excluding hydrogens is 268 g/mol. The molecule has 0 radical (unpaired) electrons. The van der Waals surface area contributed by atoms with Gasteiger partial charge in [0, 0.05) is 13.1 Å². The van der Waals surface area contributed by atoms with Crippen molar-refractivity contribution in [2.45, 2.75) is 6.92 Å². The minimum absolute atomic E-state index is 0.120. The Labute approximate surface area is 112 Å². The number of aromatic nitrogens is 4. The maximum absolute atomic E-state index is 10.7. The average molecular weight is 278 g/mol. The van der Waals surface area contributed by atoms with E-state index < -0.39 is 11.0 Å². The Morgan fingerprint density at radius 1 is 1.50 bits per heavy atom. The molecular formula is C10H10N6O4. The van der Waals surface area contributed by atoms with Gasteiger partial charge in [-0.25, -0.2) is 14.5 Å². The highest BCUT2D eigenvalue weighted by atomic mass is 16.6. The summed E-state index contributed by atoms with van der Waals surface area (Å²) in [6, 6.07) is 2.68. The minimum Gasteiger partial charge on any atom is -0.465 e. The van der Waals surface area contributed by atoms with Crippen LogP contribution in [0.5, 0.6) is 0 Å². The van der Waals surface area contributed by atoms with Crippen LogP contribution < -0.4 is 5.32 Å². The zero-order chi connectivity index (χ0) is 14.9. The van der Waals surface area contributed by atoms with E-state index in [4.69, 9.17) is 5.11 Å². The maximum Gasteiger partial charge on any atom is 0.410 e. The average Bonchev–Trinajstić information content (AvgIpc) is 2.70. The van der Waals surface area contributed by atoms with Gasteiger partial charge >= 0.3 is 6.09 Å². The van der Waals surface area contributed by atoms with E-state index in [-0.39, 0.29) is 22.9 Å². The van der Waals surface area contributed by atoms with E-state index >= 15 is 0 Å². The molecule has 0 fully saturated rings. The third-order valence-electron chi connectivity index (χ3n) is 2.55. The summed E-state index contributed by atoms with van der Waals surface area (Å²) in [6.07, 6.45) is -1.27. The molecule has 0 bridgehead atoms. The van der Waals surface area contributed by atoms with Crippen LogP contribution in [0.25, 0.3) is 11.4 Å². The third-order valence-corrected chi connectivity index (χ3v) is 2.55. The van der Waals surface area contributed by atoms with E-state index in [1.807, 2.05) is 0 Å². The van der Waals surface area contributed by atoms with Crippen molar-refractivity contribution in [3.8, 4) is 11.4 Å². The van der Waals surface area contributed by atoms with Gasteiger partial charge in [0.2, 0.25) is 0 Å². The van der Waals surface area contributed by atoms with Crippen molar-refractivity contribution in [2.24, 2.45) is 7.05 Å². The second-order valence-corrected chi connectivity index (χ2v) is 3.90. The first-order chi connectivity index (χ1) is 9.40. The highest BCUT2D eigenvalue weighted by Gasteiger charge is 2.19. The molecule has 2 aromatic rings. The van der Waals surface area contributed by atoms with Crippen molar-refractivity contribution < 1.29 is 14.8 Å². The fraction of sp³-hybridized carbons (Fsp3) is 0.200. The molecule has 10 nitrogen and oxygen atoms in total. The molecule has 20 heavy (non-hydrogen) atoms. The lowest BCUT2D eigenvalue weighted by Crippen LogP contribution is -2.12. The number of amides is 1. The molecule has 0 spiro atoms. The molecule has 10 heteroatoms. The van der Waals surface area contributed by atoms with Gasteiger partial charge in [0.25, 0.3) is 5.69 Å². The Balaban J connectivity index is 2.49. The van der Waals surface area contributed by atoms with Crippen LogP contribution in [-0.4, -0.2) is 36.1 Å². The molecule has 0 saturated carbocycles. The van der Waals surface area contributed by atoms with Gasteiger partial charge in [0.05, 0.1) is 10.6 Å². The Morgan fingerprint density at radius 3 is 2.75 bits per heavy atom. The van der Waals surface area contributed by atoms with Crippen LogP contribution in [0.4, 0.5) is 16.3 Å². The lowest BCUT2D eigenvalue weighted by Gasteiger charge is -2.04. The summed E-state index contributed by atoms with van der Waals surface area (Å²) in [4.78, 5) is 25.0. The van der Waals surface area contributed by atoms with Crippen molar-refractivity contribution in [1.82, 2.24) is 20.0 Å². The molecule has 0 aliphatic carbocycles. The van der Waals surface area contributed by atoms with E-state index in [0.717, 1.165) is 0 Å². The molecule has 104 valence electrons. The predicted octanol–water partition coefficient (Wildman–Crippen LogP) is 1.18. The molecule has 2 aromatic heterocycles. The van der Waals surface area contributed by atoms with Crippen molar-refractivity contribution in [2.75, 3.05) is 5.32 Å². The van der Waals surface area contributed by atoms with Crippen LogP contribution in [0.2, 0.25) is 0 Å². The largest absolute Gasteiger partial charge is 0.465 e. The number of hydrogen-bond acceptors (Lipinski definition) is 6. The molecule has 0 unspecified atom stereocenters. The van der Waals surface area contributed by atoms with Gasteiger partial charge < -0.3 is 5.11 Å². The molecule has 2 heterocycles. The number of rotatable bonds is 3. The number of nitro groups is 1. The quantitative estimate of drug-likeness (QED) is 0.635. The first kappa shape index (κ1) is 13.4. The lowest BCUT2D eigenvalue weighted by molar-refractivity contribution is -0.385. The van der Waals surface area contributed by atoms with Crippen molar-refractivity contribution >= 4 is 17.6 Å². The Bertz CT molecular complexity index is 695. The first-order valence-corrected chi connectivity index (χ1v) is 5.42. The summed E-state index contributed by atoms with van der Waals surface area (Å²) in [5.74, 6) is 0.137. The van der Waals surface area contributed by atoms with Crippen molar-refractivity contribution in [1.29, 1.82) is 0 Å². The topological polar surface area (TPSA) is 136 Å². The lowest BCUT2D eigenvalue weighted by atomic mass is 10.2. The second kappa shape index (κ2) is 4.91. The number of nitrogens with one attached hydrogen (secondary N) is 1. The monoisotopic (exact) mass is 278 g/mol. The van der Waals surface area contributed by atoms with Crippen molar-refractivity contribution in [3.05, 3.63) is 27.9 Å². The normalized spacial score (nSPS) is 10.3. The molecule has 2 N–H and O–H groups in total. The summed E-state index contributed by atoms with van der Waals surface area (Å²) in [5.41, 5.74) is 0.586. The van der Waals surface area contributed by atoms with Crippen LogP contribution >= 0.6 is 0 Å². The predicted molar refractivity (Wildman–Crippen MR) is 67.3 cm³/mol. The summed E-state index contributed by atoms with van der Waals surface area (Å²) < 4.78 is 1.24. The van der Waals surface area contributed by atoms with E-state index in [1.54, 1.807) is 0 Å². The number of nitrogens with zero attached hydrogens (tertiary/aromatic N) is 5. The first-order valence-electron chi connectivity index (χ1n) is 5.42. The van der Waals surface area contributed by atoms with Gasteiger partial charge in [-0.1, -0.05) is 5.21 Å². The van der Waals surface area contributed by atoms with Crippen LogP contribution in [0.1, 0.15) is 5.69 Å². The van der Waals surface area contributed by atoms with Gasteiger partial charge in [-0.05, 0) is 13.0 Å². The summed E-state index contributed by atoms with van der Waals surface area (Å²) >= 11 is 0. The van der Waals surface area contributed by atoms with Gasteiger partial charge in [-0.2, -0.15) is 0 Å². The third kappa shape index (κ3) is 2.39. The Hall–Kier alpha value is -3.04. The number of aryl methyl sites for hydroxylation is 2. The van der Waals surface area contributed by atoms with E-state index in [0.29, 0.717) is 5.69 Å². The molecule has 0 aromatic carbocycles. The van der Waals surface area contributed by atoms with Crippen LogP contribution in [0.3, 0.4) is 0 Å². The fourth-order valence-electron chi connectivity index (χ4n) is 1.65.